The Morgan fingerprint density at radius 3 is 2.80 bits per heavy atom. The molecule has 1 aromatic carbocycles. The summed E-state index contributed by atoms with van der Waals surface area (Å²) in [5, 5.41) is 0.131. The van der Waals surface area contributed by atoms with Crippen molar-refractivity contribution in [3.05, 3.63) is 27.7 Å². The summed E-state index contributed by atoms with van der Waals surface area (Å²) in [6.07, 6.45) is 3.47. The summed E-state index contributed by atoms with van der Waals surface area (Å²) in [5.41, 5.74) is 1.63. The Morgan fingerprint density at radius 2 is 2.10 bits per heavy atom. The predicted octanol–water partition coefficient (Wildman–Crippen LogP) is 5.49. The molecule has 1 heterocycles. The van der Waals surface area contributed by atoms with Crippen molar-refractivity contribution in [1.82, 2.24) is 9.55 Å². The molecule has 0 radical (unpaired) electrons. The number of imidazole rings is 1. The fourth-order valence-electron chi connectivity index (χ4n) is 3.48. The molecule has 108 valence electrons. The van der Waals surface area contributed by atoms with Gasteiger partial charge in [-0.1, -0.05) is 25.4 Å². The molecule has 3 rings (SSSR count). The molecule has 2 aromatic rings. The van der Waals surface area contributed by atoms with Gasteiger partial charge in [-0.3, -0.25) is 0 Å². The number of aromatic amines is 1. The van der Waals surface area contributed by atoms with Crippen LogP contribution in [-0.2, 0) is 0 Å². The molecule has 3 unspecified atom stereocenters. The van der Waals surface area contributed by atoms with Gasteiger partial charge in [-0.2, -0.15) is 0 Å². The first-order valence-electron chi connectivity index (χ1n) is 7.06. The first kappa shape index (κ1) is 14.1. The smallest absolute Gasteiger partial charge is 0.178 e. The molecule has 20 heavy (non-hydrogen) atoms. The molecule has 0 saturated heterocycles. The van der Waals surface area contributed by atoms with E-state index in [1.165, 1.54) is 18.9 Å². The van der Waals surface area contributed by atoms with Crippen molar-refractivity contribution in [1.29, 1.82) is 0 Å². The lowest BCUT2D eigenvalue weighted by molar-refractivity contribution is 0.210. The number of aromatic nitrogens is 2. The first-order valence-corrected chi connectivity index (χ1v) is 7.85. The van der Waals surface area contributed by atoms with Crippen molar-refractivity contribution in [3.8, 4) is 0 Å². The van der Waals surface area contributed by atoms with E-state index in [1.807, 2.05) is 0 Å². The van der Waals surface area contributed by atoms with E-state index in [1.54, 1.807) is 6.07 Å². The highest BCUT2D eigenvalue weighted by Crippen LogP contribution is 2.39. The van der Waals surface area contributed by atoms with Gasteiger partial charge < -0.3 is 9.55 Å². The lowest BCUT2D eigenvalue weighted by atomic mass is 9.79. The zero-order chi connectivity index (χ0) is 14.4. The lowest BCUT2D eigenvalue weighted by Gasteiger charge is -2.33. The Labute approximate surface area is 127 Å². The Bertz CT molecular complexity index is 706. The summed E-state index contributed by atoms with van der Waals surface area (Å²) >= 11 is 11.3. The maximum Gasteiger partial charge on any atom is 0.178 e. The van der Waals surface area contributed by atoms with Gasteiger partial charge in [0.1, 0.15) is 5.82 Å². The van der Waals surface area contributed by atoms with E-state index in [9.17, 15) is 4.39 Å². The third kappa shape index (κ3) is 2.29. The Kier molecular flexibility index (Phi) is 3.63. The van der Waals surface area contributed by atoms with Crippen molar-refractivity contribution >= 4 is 34.9 Å². The monoisotopic (exact) mass is 312 g/mol. The molecule has 1 aliphatic rings. The Morgan fingerprint density at radius 1 is 1.35 bits per heavy atom. The van der Waals surface area contributed by atoms with Crippen LogP contribution >= 0.6 is 23.8 Å². The van der Waals surface area contributed by atoms with Gasteiger partial charge in [-0.05, 0) is 49.4 Å². The van der Waals surface area contributed by atoms with Gasteiger partial charge in [-0.15, -0.1) is 0 Å². The number of nitrogens with one attached hydrogen (secondary N) is 1. The highest BCUT2D eigenvalue weighted by Gasteiger charge is 2.28. The molecule has 5 heteroatoms. The van der Waals surface area contributed by atoms with Crippen molar-refractivity contribution in [2.24, 2.45) is 11.8 Å². The molecule has 0 amide bonds. The topological polar surface area (TPSA) is 20.7 Å². The van der Waals surface area contributed by atoms with Crippen LogP contribution in [-0.4, -0.2) is 9.55 Å². The van der Waals surface area contributed by atoms with E-state index >= 15 is 0 Å². The number of hydrogen-bond donors (Lipinski definition) is 1. The molecule has 0 bridgehead atoms. The Balaban J connectivity index is 2.13. The molecule has 3 atom stereocenters. The molecule has 2 nitrogen and oxygen atoms in total. The van der Waals surface area contributed by atoms with Gasteiger partial charge in [0, 0.05) is 12.1 Å². The number of H-pyrrole nitrogens is 1. The van der Waals surface area contributed by atoms with Crippen molar-refractivity contribution < 1.29 is 4.39 Å². The maximum absolute atomic E-state index is 13.8. The molecular formula is C15H18ClFN2S. The quantitative estimate of drug-likeness (QED) is 0.691. The average molecular weight is 313 g/mol. The third-order valence-electron chi connectivity index (χ3n) is 4.48. The minimum atomic E-state index is -0.390. The summed E-state index contributed by atoms with van der Waals surface area (Å²) in [4.78, 5) is 3.15. The van der Waals surface area contributed by atoms with Crippen LogP contribution in [0.15, 0.2) is 12.1 Å². The molecule has 0 aliphatic heterocycles. The number of hydrogen-bond acceptors (Lipinski definition) is 1. The van der Waals surface area contributed by atoms with Crippen LogP contribution < -0.4 is 0 Å². The van der Waals surface area contributed by atoms with E-state index in [0.29, 0.717) is 16.7 Å². The van der Waals surface area contributed by atoms with Crippen LogP contribution in [0.25, 0.3) is 11.0 Å². The number of benzene rings is 1. The number of fused-ring (bicyclic) bond motifs is 1. The van der Waals surface area contributed by atoms with E-state index in [0.717, 1.165) is 23.4 Å². The van der Waals surface area contributed by atoms with Crippen molar-refractivity contribution in [2.45, 2.75) is 39.2 Å². The van der Waals surface area contributed by atoms with Gasteiger partial charge >= 0.3 is 0 Å². The van der Waals surface area contributed by atoms with Crippen LogP contribution in [0.2, 0.25) is 5.02 Å². The number of halogens is 2. The van der Waals surface area contributed by atoms with E-state index in [-0.39, 0.29) is 5.02 Å². The standard InChI is InChI=1S/C15H18ClFN2S/c1-8-3-4-13(9(2)5-8)19-14-7-11(17)10(16)6-12(14)18-15(19)20/h6-9,13H,3-5H2,1-2H3,(H,18,20). The summed E-state index contributed by atoms with van der Waals surface area (Å²) in [6.45, 7) is 4.55. The number of rotatable bonds is 1. The second-order valence-corrected chi connectivity index (χ2v) is 6.84. The average Bonchev–Trinajstić information content (AvgIpc) is 2.66. The van der Waals surface area contributed by atoms with E-state index < -0.39 is 5.82 Å². The zero-order valence-electron chi connectivity index (χ0n) is 11.6. The summed E-state index contributed by atoms with van der Waals surface area (Å²) in [6, 6.07) is 3.46. The molecule has 1 N–H and O–H groups in total. The van der Waals surface area contributed by atoms with E-state index in [2.05, 4.69) is 23.4 Å². The molecule has 1 aliphatic carbocycles. The largest absolute Gasteiger partial charge is 0.331 e. The van der Waals surface area contributed by atoms with Crippen LogP contribution in [0.1, 0.15) is 39.2 Å². The van der Waals surface area contributed by atoms with Crippen molar-refractivity contribution in [2.75, 3.05) is 0 Å². The first-order chi connectivity index (χ1) is 9.47. The summed E-state index contributed by atoms with van der Waals surface area (Å²) in [7, 11) is 0. The van der Waals surface area contributed by atoms with Gasteiger partial charge in [0.15, 0.2) is 4.77 Å². The third-order valence-corrected chi connectivity index (χ3v) is 5.06. The van der Waals surface area contributed by atoms with Crippen LogP contribution in [0, 0.1) is 22.4 Å². The number of nitrogens with zero attached hydrogens (tertiary/aromatic N) is 1. The fourth-order valence-corrected chi connectivity index (χ4v) is 3.99. The normalized spacial score (nSPS) is 27.1. The molecule has 0 spiro atoms. The summed E-state index contributed by atoms with van der Waals surface area (Å²) in [5.74, 6) is 0.911. The van der Waals surface area contributed by atoms with Gasteiger partial charge in [0.2, 0.25) is 0 Å². The second kappa shape index (κ2) is 5.15. The zero-order valence-corrected chi connectivity index (χ0v) is 13.2. The van der Waals surface area contributed by atoms with Gasteiger partial charge in [0.25, 0.3) is 0 Å². The second-order valence-electron chi connectivity index (χ2n) is 6.05. The predicted molar refractivity (Wildman–Crippen MR) is 83.3 cm³/mol. The highest BCUT2D eigenvalue weighted by atomic mass is 35.5. The van der Waals surface area contributed by atoms with Crippen LogP contribution in [0.4, 0.5) is 4.39 Å². The van der Waals surface area contributed by atoms with Gasteiger partial charge in [-0.25, -0.2) is 4.39 Å². The van der Waals surface area contributed by atoms with E-state index in [4.69, 9.17) is 23.8 Å². The lowest BCUT2D eigenvalue weighted by Crippen LogP contribution is -2.24. The van der Waals surface area contributed by atoms with Gasteiger partial charge in [0.05, 0.1) is 16.1 Å². The minimum Gasteiger partial charge on any atom is -0.331 e. The van der Waals surface area contributed by atoms with Crippen LogP contribution in [0.5, 0.6) is 0 Å². The highest BCUT2D eigenvalue weighted by molar-refractivity contribution is 7.71. The maximum atomic E-state index is 13.8. The Hall–Kier alpha value is -0.870. The summed E-state index contributed by atoms with van der Waals surface area (Å²) < 4.78 is 16.5. The van der Waals surface area contributed by atoms with Crippen LogP contribution in [0.3, 0.4) is 0 Å². The molecular weight excluding hydrogens is 295 g/mol. The van der Waals surface area contributed by atoms with Crippen molar-refractivity contribution in [3.63, 3.8) is 0 Å². The minimum absolute atomic E-state index is 0.131. The molecule has 1 saturated carbocycles. The molecule has 1 aromatic heterocycles. The SMILES string of the molecule is CC1CCC(n2c(=S)[nH]c3cc(Cl)c(F)cc32)C(C)C1. The molecule has 1 fully saturated rings. The fraction of sp³-hybridized carbons (Fsp3) is 0.533.